The van der Waals surface area contributed by atoms with Crippen LogP contribution < -0.4 is 5.32 Å². The fourth-order valence-electron chi connectivity index (χ4n) is 2.86. The maximum Gasteiger partial charge on any atom is 0.0962 e. The minimum Gasteiger partial charge on any atom is -0.315 e. The molecule has 1 N–H and O–H groups in total. The number of rotatable bonds is 4. The zero-order valence-corrected chi connectivity index (χ0v) is 12.6. The molecule has 1 aromatic heterocycles. The Morgan fingerprint density at radius 2 is 1.83 bits per heavy atom. The van der Waals surface area contributed by atoms with E-state index in [0.29, 0.717) is 0 Å². The lowest BCUT2D eigenvalue weighted by Crippen LogP contribution is -2.05. The number of hydrogen-bond donors (Lipinski definition) is 1. The maximum atomic E-state index is 4.92. The molecule has 3 heteroatoms. The van der Waals surface area contributed by atoms with Crippen molar-refractivity contribution in [2.24, 2.45) is 0 Å². The summed E-state index contributed by atoms with van der Waals surface area (Å²) < 4.78 is 0. The van der Waals surface area contributed by atoms with Crippen LogP contribution in [0.1, 0.15) is 73.4 Å². The molecule has 102 valence electrons. The molecule has 0 aliphatic heterocycles. The molecule has 0 aromatic carbocycles. The molecule has 18 heavy (non-hydrogen) atoms. The summed E-state index contributed by atoms with van der Waals surface area (Å²) in [4.78, 5) is 6.38. The molecular weight excluding hydrogens is 240 g/mol. The zero-order chi connectivity index (χ0) is 12.8. The predicted octanol–water partition coefficient (Wildman–Crippen LogP) is 4.25. The first kappa shape index (κ1) is 14.0. The third-order valence-corrected chi connectivity index (χ3v) is 5.18. The normalized spacial score (nSPS) is 18.6. The summed E-state index contributed by atoms with van der Waals surface area (Å²) in [6.07, 6.45) is 10.9. The molecule has 1 saturated carbocycles. The van der Waals surface area contributed by atoms with Crippen LogP contribution in [-0.4, -0.2) is 12.0 Å². The van der Waals surface area contributed by atoms with Gasteiger partial charge in [0.05, 0.1) is 10.7 Å². The van der Waals surface area contributed by atoms with Gasteiger partial charge in [0.15, 0.2) is 0 Å². The van der Waals surface area contributed by atoms with Crippen LogP contribution in [-0.2, 0) is 13.0 Å². The van der Waals surface area contributed by atoms with Crippen LogP contribution in [0.15, 0.2) is 0 Å². The molecule has 0 saturated heterocycles. The van der Waals surface area contributed by atoms with Crippen molar-refractivity contribution in [2.45, 2.75) is 70.8 Å². The summed E-state index contributed by atoms with van der Waals surface area (Å²) in [6, 6.07) is 0. The quantitative estimate of drug-likeness (QED) is 0.881. The SMILES string of the molecule is CCc1nc(C2CCCCCCC2)sc1CNC. The molecule has 1 heterocycles. The van der Waals surface area contributed by atoms with Gasteiger partial charge in [0.1, 0.15) is 0 Å². The van der Waals surface area contributed by atoms with Gasteiger partial charge in [-0.25, -0.2) is 4.98 Å². The van der Waals surface area contributed by atoms with E-state index in [9.17, 15) is 0 Å². The van der Waals surface area contributed by atoms with Crippen molar-refractivity contribution < 1.29 is 0 Å². The highest BCUT2D eigenvalue weighted by Crippen LogP contribution is 2.34. The van der Waals surface area contributed by atoms with Crippen LogP contribution in [0.3, 0.4) is 0 Å². The second-order valence-electron chi connectivity index (χ2n) is 5.35. The number of nitrogens with zero attached hydrogens (tertiary/aromatic N) is 1. The Morgan fingerprint density at radius 1 is 1.17 bits per heavy atom. The summed E-state index contributed by atoms with van der Waals surface area (Å²) in [5.74, 6) is 0.742. The van der Waals surface area contributed by atoms with E-state index in [1.54, 1.807) is 0 Å². The molecule has 0 atom stereocenters. The van der Waals surface area contributed by atoms with Gasteiger partial charge in [-0.1, -0.05) is 39.0 Å². The Hall–Kier alpha value is -0.410. The highest BCUT2D eigenvalue weighted by Gasteiger charge is 2.19. The van der Waals surface area contributed by atoms with E-state index in [0.717, 1.165) is 18.9 Å². The molecule has 2 rings (SSSR count). The minimum atomic E-state index is 0.742. The fraction of sp³-hybridized carbons (Fsp3) is 0.800. The van der Waals surface area contributed by atoms with Gasteiger partial charge < -0.3 is 5.32 Å². The van der Waals surface area contributed by atoms with Gasteiger partial charge in [-0.3, -0.25) is 0 Å². The van der Waals surface area contributed by atoms with Gasteiger partial charge in [0.2, 0.25) is 0 Å². The van der Waals surface area contributed by atoms with E-state index in [1.165, 1.54) is 60.5 Å². The third kappa shape index (κ3) is 3.55. The summed E-state index contributed by atoms with van der Waals surface area (Å²) in [6.45, 7) is 3.20. The Labute approximate surface area is 115 Å². The van der Waals surface area contributed by atoms with E-state index in [4.69, 9.17) is 4.98 Å². The molecule has 0 radical (unpaired) electrons. The summed E-state index contributed by atoms with van der Waals surface area (Å²) >= 11 is 1.96. The number of thiazole rings is 1. The van der Waals surface area contributed by atoms with Crippen LogP contribution in [0, 0.1) is 0 Å². The molecule has 1 fully saturated rings. The maximum absolute atomic E-state index is 4.92. The largest absolute Gasteiger partial charge is 0.315 e. The molecule has 0 bridgehead atoms. The Balaban J connectivity index is 2.10. The lowest BCUT2D eigenvalue weighted by atomic mass is 9.92. The summed E-state index contributed by atoms with van der Waals surface area (Å²) in [5.41, 5.74) is 1.33. The first-order chi connectivity index (χ1) is 8.85. The second kappa shape index (κ2) is 7.25. The average molecular weight is 266 g/mol. The van der Waals surface area contributed by atoms with Gasteiger partial charge in [-0.2, -0.15) is 0 Å². The lowest BCUT2D eigenvalue weighted by molar-refractivity contribution is 0.454. The molecule has 0 unspecified atom stereocenters. The molecule has 2 nitrogen and oxygen atoms in total. The van der Waals surface area contributed by atoms with E-state index >= 15 is 0 Å². The fourth-order valence-corrected chi connectivity index (χ4v) is 4.19. The van der Waals surface area contributed by atoms with Crippen LogP contribution in [0.2, 0.25) is 0 Å². The summed E-state index contributed by atoms with van der Waals surface area (Å²) in [7, 11) is 2.02. The topological polar surface area (TPSA) is 24.9 Å². The first-order valence-electron chi connectivity index (χ1n) is 7.48. The Kier molecular flexibility index (Phi) is 5.64. The molecular formula is C15H26N2S. The first-order valence-corrected chi connectivity index (χ1v) is 8.29. The highest BCUT2D eigenvalue weighted by molar-refractivity contribution is 7.11. The Morgan fingerprint density at radius 3 is 2.44 bits per heavy atom. The van der Waals surface area contributed by atoms with E-state index in [2.05, 4.69) is 12.2 Å². The standard InChI is InChI=1S/C15H26N2S/c1-3-13-14(11-16-2)18-15(17-13)12-9-7-5-4-6-8-10-12/h12,16H,3-11H2,1-2H3. The molecule has 1 aromatic rings. The van der Waals surface area contributed by atoms with Crippen molar-refractivity contribution in [1.82, 2.24) is 10.3 Å². The highest BCUT2D eigenvalue weighted by atomic mass is 32.1. The van der Waals surface area contributed by atoms with Gasteiger partial charge in [0, 0.05) is 17.3 Å². The zero-order valence-electron chi connectivity index (χ0n) is 11.8. The van der Waals surface area contributed by atoms with Crippen LogP contribution in [0.25, 0.3) is 0 Å². The Bertz CT molecular complexity index is 351. The van der Waals surface area contributed by atoms with E-state index in [-0.39, 0.29) is 0 Å². The monoisotopic (exact) mass is 266 g/mol. The smallest absolute Gasteiger partial charge is 0.0962 e. The summed E-state index contributed by atoms with van der Waals surface area (Å²) in [5, 5.41) is 4.68. The molecule has 1 aliphatic rings. The predicted molar refractivity (Wildman–Crippen MR) is 79.3 cm³/mol. The number of aryl methyl sites for hydroxylation is 1. The van der Waals surface area contributed by atoms with Crippen molar-refractivity contribution in [3.63, 3.8) is 0 Å². The van der Waals surface area contributed by atoms with Crippen molar-refractivity contribution in [3.05, 3.63) is 15.6 Å². The molecule has 1 aliphatic carbocycles. The number of aromatic nitrogens is 1. The third-order valence-electron chi connectivity index (χ3n) is 3.92. The van der Waals surface area contributed by atoms with Gasteiger partial charge in [0.25, 0.3) is 0 Å². The van der Waals surface area contributed by atoms with Crippen molar-refractivity contribution in [3.8, 4) is 0 Å². The van der Waals surface area contributed by atoms with Gasteiger partial charge >= 0.3 is 0 Å². The minimum absolute atomic E-state index is 0.742. The van der Waals surface area contributed by atoms with Crippen LogP contribution in [0.5, 0.6) is 0 Å². The van der Waals surface area contributed by atoms with E-state index in [1.807, 2.05) is 18.4 Å². The number of hydrogen-bond acceptors (Lipinski definition) is 3. The van der Waals surface area contributed by atoms with Crippen LogP contribution >= 0.6 is 11.3 Å². The van der Waals surface area contributed by atoms with Crippen molar-refractivity contribution in [1.29, 1.82) is 0 Å². The van der Waals surface area contributed by atoms with Gasteiger partial charge in [-0.05, 0) is 26.3 Å². The van der Waals surface area contributed by atoms with Crippen molar-refractivity contribution in [2.75, 3.05) is 7.05 Å². The molecule has 0 amide bonds. The van der Waals surface area contributed by atoms with Crippen molar-refractivity contribution >= 4 is 11.3 Å². The number of nitrogens with one attached hydrogen (secondary N) is 1. The lowest BCUT2D eigenvalue weighted by Gasteiger charge is -2.17. The second-order valence-corrected chi connectivity index (χ2v) is 6.46. The van der Waals surface area contributed by atoms with Gasteiger partial charge in [-0.15, -0.1) is 11.3 Å². The average Bonchev–Trinajstić information content (AvgIpc) is 2.72. The van der Waals surface area contributed by atoms with E-state index < -0.39 is 0 Å². The molecule has 0 spiro atoms. The van der Waals surface area contributed by atoms with Crippen LogP contribution in [0.4, 0.5) is 0 Å².